The molecular weight excluding hydrogens is 824 g/mol. The van der Waals surface area contributed by atoms with Crippen LogP contribution < -0.4 is 31.3 Å². The van der Waals surface area contributed by atoms with Gasteiger partial charge in [-0.2, -0.15) is 0 Å². The van der Waals surface area contributed by atoms with Gasteiger partial charge in [0.2, 0.25) is 5.91 Å². The number of carbonyl (C=O) groups excluding carboxylic acids is 6. The number of amides is 3. The first-order valence-corrected chi connectivity index (χ1v) is 15.8. The molecule has 21 heteroatoms. The third kappa shape index (κ3) is 18.4. The second-order valence-corrected chi connectivity index (χ2v) is 11.6. The molecule has 1 aliphatic rings. The van der Waals surface area contributed by atoms with E-state index in [1.807, 2.05) is 0 Å². The quantitative estimate of drug-likeness (QED) is 0.0765. The predicted octanol–water partition coefficient (Wildman–Crippen LogP) is -8.74. The molecule has 51 heavy (non-hydrogen) atoms. The number of hydrogen-bond donors (Lipinski definition) is 7. The second kappa shape index (κ2) is 24.3. The van der Waals surface area contributed by atoms with Crippen LogP contribution in [0.3, 0.4) is 0 Å². The van der Waals surface area contributed by atoms with Gasteiger partial charge in [-0.25, -0.2) is 0 Å². The number of benzene rings is 1. The molecule has 1 aromatic carbocycles. The van der Waals surface area contributed by atoms with Gasteiger partial charge in [0.1, 0.15) is 0 Å². The van der Waals surface area contributed by atoms with Gasteiger partial charge in [0.15, 0.2) is 0 Å². The van der Waals surface area contributed by atoms with Crippen molar-refractivity contribution in [2.24, 2.45) is 0 Å². The van der Waals surface area contributed by atoms with Crippen LogP contribution in [0, 0.1) is 39.9 Å². The molecule has 1 atom stereocenters. The van der Waals surface area contributed by atoms with Gasteiger partial charge in [-0.15, -0.1) is 0 Å². The van der Waals surface area contributed by atoms with Crippen LogP contribution in [0.1, 0.15) is 20.7 Å². The van der Waals surface area contributed by atoms with E-state index in [2.05, 4.69) is 16.0 Å². The number of carbonyl (C=O) groups is 6. The topological polar surface area (TPSA) is 302 Å². The van der Waals surface area contributed by atoms with Crippen molar-refractivity contribution in [2.45, 2.75) is 12.1 Å². The molecule has 1 radical (unpaired) electrons. The number of nitrogens with zero attached hydrogens (tertiary/aromatic N) is 4. The molecule has 1 saturated heterocycles. The molecule has 20 nitrogen and oxygen atoms in total. The number of rotatable bonds is 17. The minimum atomic E-state index is -1.37. The molecule has 285 valence electrons. The summed E-state index contributed by atoms with van der Waals surface area (Å²) < 4.78 is 0. The monoisotopic (exact) mass is 868 g/mol. The van der Waals surface area contributed by atoms with Gasteiger partial charge in [0.25, 0.3) is 11.8 Å². The Labute approximate surface area is 326 Å². The fourth-order valence-corrected chi connectivity index (χ4v) is 4.92. The molecule has 1 fully saturated rings. The van der Waals surface area contributed by atoms with Crippen LogP contribution in [0.5, 0.6) is 0 Å². The van der Waals surface area contributed by atoms with E-state index < -0.39 is 87.2 Å². The fourth-order valence-electron chi connectivity index (χ4n) is 4.92. The molecule has 1 aromatic rings. The number of aliphatic hydroxyl groups excluding tert-OH is 4. The molecule has 1 unspecified atom stereocenters. The Hall–Kier alpha value is -2.96. The van der Waals surface area contributed by atoms with Crippen LogP contribution in [0.2, 0.25) is 0 Å². The van der Waals surface area contributed by atoms with Crippen molar-refractivity contribution in [2.75, 3.05) is 110 Å². The summed E-state index contributed by atoms with van der Waals surface area (Å²) >= 11 is 0. The Bertz CT molecular complexity index is 1290. The SMILES string of the molecule is O=C([O-])CN1CCN(CC(=O)[O-])CCN(CC(=O)Nc2cc(C(=O)NCC(O)CO)cc(C(=O)NC(CO)CO)c2)CCN(CC(=O)[O-])CC1.[Gd+3]. The normalized spacial score (nSPS) is 16.2. The summed E-state index contributed by atoms with van der Waals surface area (Å²) in [5, 5.41) is 78.9. The van der Waals surface area contributed by atoms with Crippen molar-refractivity contribution < 1.29 is 104 Å². The molecule has 0 spiro atoms. The fraction of sp³-hybridized carbons (Fsp3) is 0.600. The van der Waals surface area contributed by atoms with Gasteiger partial charge in [-0.1, -0.05) is 0 Å². The average molecular weight is 868 g/mol. The van der Waals surface area contributed by atoms with Gasteiger partial charge in [0, 0.05) is 95.4 Å². The molecule has 0 saturated carbocycles. The molecule has 0 aliphatic carbocycles. The standard InChI is InChI=1S/C30H47N7O13.Gd/c38-17-23(18-39)33-30(50)21-9-20(29(49)31-12-24(41)19-40)10-22(11-21)32-25(42)13-34-1-3-35(14-26(43)44)5-7-37(16-28(47)48)8-6-36(4-2-34)15-27(45)46;/h9-11,23-24,38-41H,1-8,12-19H2,(H,31,49)(H,32,42)(H,33,50)(H,43,44)(H,45,46)(H,47,48);/q;+3/p-3. The summed E-state index contributed by atoms with van der Waals surface area (Å²) in [5.41, 5.74) is -0.241. The van der Waals surface area contributed by atoms with Gasteiger partial charge in [-0.3, -0.25) is 34.0 Å². The number of carboxylic acid groups (broad SMARTS) is 3. The van der Waals surface area contributed by atoms with Crippen molar-refractivity contribution in [1.29, 1.82) is 0 Å². The summed E-state index contributed by atoms with van der Waals surface area (Å²) in [4.78, 5) is 79.3. The van der Waals surface area contributed by atoms with Crippen molar-refractivity contribution in [3.05, 3.63) is 29.3 Å². The number of anilines is 1. The van der Waals surface area contributed by atoms with E-state index in [1.54, 1.807) is 4.90 Å². The van der Waals surface area contributed by atoms with Crippen LogP contribution in [0.4, 0.5) is 5.69 Å². The number of carboxylic acids is 3. The van der Waals surface area contributed by atoms with E-state index in [0.29, 0.717) is 0 Å². The van der Waals surface area contributed by atoms with Crippen molar-refractivity contribution in [3.8, 4) is 0 Å². The first-order chi connectivity index (χ1) is 23.7. The maximum absolute atomic E-state index is 13.3. The van der Waals surface area contributed by atoms with E-state index in [-0.39, 0.29) is 122 Å². The average Bonchev–Trinajstić information content (AvgIpc) is 3.05. The van der Waals surface area contributed by atoms with Gasteiger partial charge >= 0.3 is 39.9 Å². The van der Waals surface area contributed by atoms with Gasteiger partial charge in [-0.05, 0) is 18.2 Å². The Morgan fingerprint density at radius 3 is 1.39 bits per heavy atom. The predicted molar refractivity (Wildman–Crippen MR) is 167 cm³/mol. The van der Waals surface area contributed by atoms with Gasteiger partial charge < -0.3 is 66.1 Å². The zero-order valence-electron chi connectivity index (χ0n) is 27.8. The van der Waals surface area contributed by atoms with Crippen molar-refractivity contribution >= 4 is 41.3 Å². The third-order valence-corrected chi connectivity index (χ3v) is 7.58. The van der Waals surface area contributed by atoms with Crippen LogP contribution in [-0.2, 0) is 19.2 Å². The Morgan fingerprint density at radius 1 is 0.627 bits per heavy atom. The van der Waals surface area contributed by atoms with E-state index in [1.165, 1.54) is 32.9 Å². The zero-order chi connectivity index (χ0) is 37.2. The summed E-state index contributed by atoms with van der Waals surface area (Å²) in [7, 11) is 0. The van der Waals surface area contributed by atoms with E-state index in [4.69, 9.17) is 5.11 Å². The minimum absolute atomic E-state index is 0. The van der Waals surface area contributed by atoms with Crippen molar-refractivity contribution in [1.82, 2.24) is 30.2 Å². The molecule has 0 bridgehead atoms. The third-order valence-electron chi connectivity index (χ3n) is 7.58. The van der Waals surface area contributed by atoms with Crippen LogP contribution in [0.15, 0.2) is 18.2 Å². The summed E-state index contributed by atoms with van der Waals surface area (Å²) in [6, 6.07) is 2.66. The first-order valence-electron chi connectivity index (χ1n) is 15.8. The molecular formula is C30H44GdN7O13. The van der Waals surface area contributed by atoms with E-state index in [0.717, 1.165) is 0 Å². The van der Waals surface area contributed by atoms with E-state index >= 15 is 0 Å². The Morgan fingerprint density at radius 2 is 1.02 bits per heavy atom. The molecule has 1 aliphatic heterocycles. The number of hydrogen-bond acceptors (Lipinski definition) is 17. The maximum atomic E-state index is 13.3. The van der Waals surface area contributed by atoms with Crippen LogP contribution in [0.25, 0.3) is 0 Å². The Balaban J connectivity index is 0.0000130. The molecule has 7 N–H and O–H groups in total. The second-order valence-electron chi connectivity index (χ2n) is 11.6. The van der Waals surface area contributed by atoms with Crippen molar-refractivity contribution in [3.63, 3.8) is 0 Å². The molecule has 2 rings (SSSR count). The van der Waals surface area contributed by atoms with E-state index in [9.17, 15) is 59.4 Å². The number of aliphatic hydroxyl groups is 4. The smallest absolute Gasteiger partial charge is 0.549 e. The number of aliphatic carboxylic acids is 3. The molecule has 1 heterocycles. The summed E-state index contributed by atoms with van der Waals surface area (Å²) in [5.74, 6) is -6.27. The largest absolute Gasteiger partial charge is 3.00 e. The van der Waals surface area contributed by atoms with Crippen LogP contribution >= 0.6 is 0 Å². The Kier molecular flexibility index (Phi) is 22.0. The summed E-state index contributed by atoms with van der Waals surface area (Å²) in [6.45, 7) is -2.88. The molecule has 3 amide bonds. The van der Waals surface area contributed by atoms with Gasteiger partial charge in [0.05, 0.1) is 56.4 Å². The maximum Gasteiger partial charge on any atom is 3.00 e. The summed E-state index contributed by atoms with van der Waals surface area (Å²) in [6.07, 6.45) is -1.26. The first kappa shape index (κ1) is 46.1. The van der Waals surface area contributed by atoms with Crippen LogP contribution in [-0.4, -0.2) is 193 Å². The number of nitrogens with one attached hydrogen (secondary N) is 3. The molecule has 0 aromatic heterocycles. The zero-order valence-corrected chi connectivity index (χ0v) is 30.1. The minimum Gasteiger partial charge on any atom is -0.549 e.